The minimum atomic E-state index is -1.14. The van der Waals surface area contributed by atoms with Gasteiger partial charge in [-0.3, -0.25) is 14.4 Å². The fourth-order valence-corrected chi connectivity index (χ4v) is 2.12. The monoisotopic (exact) mass is 363 g/mol. The lowest BCUT2D eigenvalue weighted by molar-refractivity contribution is -0.143. The molecule has 0 spiro atoms. The van der Waals surface area contributed by atoms with Gasteiger partial charge < -0.3 is 21.1 Å². The van der Waals surface area contributed by atoms with Crippen LogP contribution in [0.3, 0.4) is 0 Å². The lowest BCUT2D eigenvalue weighted by atomic mass is 10.0. The first kappa shape index (κ1) is 21.1. The summed E-state index contributed by atoms with van der Waals surface area (Å²) >= 11 is 0. The van der Waals surface area contributed by atoms with Crippen LogP contribution in [0, 0.1) is 12.8 Å². The van der Waals surface area contributed by atoms with Crippen LogP contribution in [-0.2, 0) is 14.4 Å². The Balaban J connectivity index is 2.48. The van der Waals surface area contributed by atoms with Crippen LogP contribution in [-0.4, -0.2) is 47.4 Å². The van der Waals surface area contributed by atoms with Crippen molar-refractivity contribution >= 4 is 23.7 Å². The van der Waals surface area contributed by atoms with Crippen LogP contribution in [0.4, 0.5) is 0 Å². The summed E-state index contributed by atoms with van der Waals surface area (Å²) in [5.74, 6) is -3.00. The van der Waals surface area contributed by atoms with Crippen LogP contribution in [0.15, 0.2) is 24.3 Å². The van der Waals surface area contributed by atoms with E-state index in [1.807, 2.05) is 6.92 Å². The molecule has 1 rings (SSSR count). The molecule has 0 aliphatic rings. The molecule has 0 radical (unpaired) electrons. The summed E-state index contributed by atoms with van der Waals surface area (Å²) in [6, 6.07) is 4.90. The van der Waals surface area contributed by atoms with E-state index in [9.17, 15) is 19.2 Å². The molecule has 2 atom stereocenters. The average Bonchev–Trinajstić information content (AvgIpc) is 2.57. The predicted molar refractivity (Wildman–Crippen MR) is 95.5 cm³/mol. The highest BCUT2D eigenvalue weighted by atomic mass is 16.4. The Kier molecular flexibility index (Phi) is 7.77. The first-order valence-corrected chi connectivity index (χ1v) is 8.29. The van der Waals surface area contributed by atoms with Gasteiger partial charge in [-0.05, 0) is 31.9 Å². The average molecular weight is 363 g/mol. The first-order chi connectivity index (χ1) is 12.1. The molecule has 142 valence electrons. The maximum atomic E-state index is 12.0. The van der Waals surface area contributed by atoms with Gasteiger partial charge in [0.05, 0.1) is 6.54 Å². The topological polar surface area (TPSA) is 125 Å². The van der Waals surface area contributed by atoms with E-state index in [4.69, 9.17) is 5.11 Å². The molecule has 1 aromatic rings. The molecular formula is C18H25N3O5. The summed E-state index contributed by atoms with van der Waals surface area (Å²) in [6.07, 6.45) is 0. The standard InChI is InChI=1S/C18H25N3O5/c1-10(2)15(18(25)26)21-16(23)12(4)20-14(22)9-19-17(24)13-7-5-11(3)6-8-13/h5-8,10,12,15H,9H2,1-4H3,(H,19,24)(H,20,22)(H,21,23)(H,25,26)/t12-,15-/m0/s1. The Morgan fingerprint density at radius 1 is 1.00 bits per heavy atom. The van der Waals surface area contributed by atoms with Crippen molar-refractivity contribution < 1.29 is 24.3 Å². The molecule has 3 amide bonds. The van der Waals surface area contributed by atoms with E-state index in [0.29, 0.717) is 5.56 Å². The molecule has 4 N–H and O–H groups in total. The van der Waals surface area contributed by atoms with E-state index < -0.39 is 35.8 Å². The number of hydrogen-bond donors (Lipinski definition) is 4. The molecule has 0 bridgehead atoms. The molecule has 1 aromatic carbocycles. The van der Waals surface area contributed by atoms with Crippen LogP contribution in [0.2, 0.25) is 0 Å². The van der Waals surface area contributed by atoms with Crippen molar-refractivity contribution in [1.82, 2.24) is 16.0 Å². The molecule has 0 aromatic heterocycles. The number of carbonyl (C=O) groups is 4. The molecule has 0 aliphatic carbocycles. The normalized spacial score (nSPS) is 12.8. The van der Waals surface area contributed by atoms with Gasteiger partial charge in [-0.2, -0.15) is 0 Å². The third-order valence-corrected chi connectivity index (χ3v) is 3.72. The number of amides is 3. The number of carboxylic acid groups (broad SMARTS) is 1. The molecule has 0 saturated heterocycles. The number of aryl methyl sites for hydroxylation is 1. The molecule has 0 unspecified atom stereocenters. The van der Waals surface area contributed by atoms with Crippen molar-refractivity contribution in [1.29, 1.82) is 0 Å². The minimum absolute atomic E-state index is 0.295. The highest BCUT2D eigenvalue weighted by molar-refractivity contribution is 5.97. The van der Waals surface area contributed by atoms with Gasteiger partial charge in [0.1, 0.15) is 12.1 Å². The fraction of sp³-hybridized carbons (Fsp3) is 0.444. The lowest BCUT2D eigenvalue weighted by Gasteiger charge is -2.21. The molecule has 0 aliphatic heterocycles. The largest absolute Gasteiger partial charge is 0.480 e. The molecular weight excluding hydrogens is 338 g/mol. The quantitative estimate of drug-likeness (QED) is 0.534. The van der Waals surface area contributed by atoms with Gasteiger partial charge in [0.2, 0.25) is 11.8 Å². The van der Waals surface area contributed by atoms with E-state index in [1.165, 1.54) is 6.92 Å². The maximum absolute atomic E-state index is 12.0. The smallest absolute Gasteiger partial charge is 0.326 e. The number of nitrogens with one attached hydrogen (secondary N) is 3. The minimum Gasteiger partial charge on any atom is -0.480 e. The van der Waals surface area contributed by atoms with Crippen molar-refractivity contribution in [3.8, 4) is 0 Å². The number of aliphatic carboxylic acids is 1. The first-order valence-electron chi connectivity index (χ1n) is 8.29. The number of rotatable bonds is 8. The highest BCUT2D eigenvalue weighted by Gasteiger charge is 2.26. The second kappa shape index (κ2) is 9.55. The summed E-state index contributed by atoms with van der Waals surface area (Å²) in [5, 5.41) is 16.3. The number of hydrogen-bond acceptors (Lipinski definition) is 4. The summed E-state index contributed by atoms with van der Waals surface area (Å²) in [7, 11) is 0. The Labute approximate surface area is 152 Å². The molecule has 8 heteroatoms. The predicted octanol–water partition coefficient (Wildman–Crippen LogP) is 0.455. The van der Waals surface area contributed by atoms with E-state index in [2.05, 4.69) is 16.0 Å². The van der Waals surface area contributed by atoms with Crippen LogP contribution < -0.4 is 16.0 Å². The van der Waals surface area contributed by atoms with Gasteiger partial charge in [-0.25, -0.2) is 4.79 Å². The Bertz CT molecular complexity index is 670. The van der Waals surface area contributed by atoms with Gasteiger partial charge in [0.25, 0.3) is 5.91 Å². The van der Waals surface area contributed by atoms with E-state index in [0.717, 1.165) is 5.56 Å². The molecule has 26 heavy (non-hydrogen) atoms. The lowest BCUT2D eigenvalue weighted by Crippen LogP contribution is -2.53. The van der Waals surface area contributed by atoms with Gasteiger partial charge >= 0.3 is 5.97 Å². The van der Waals surface area contributed by atoms with Gasteiger partial charge in [-0.1, -0.05) is 31.5 Å². The Hall–Kier alpha value is -2.90. The van der Waals surface area contributed by atoms with E-state index in [1.54, 1.807) is 38.1 Å². The molecule has 0 heterocycles. The number of benzene rings is 1. The Morgan fingerprint density at radius 2 is 1.58 bits per heavy atom. The summed E-state index contributed by atoms with van der Waals surface area (Å²) in [6.45, 7) is 6.38. The van der Waals surface area contributed by atoms with Gasteiger partial charge in [0.15, 0.2) is 0 Å². The van der Waals surface area contributed by atoms with Gasteiger partial charge in [0, 0.05) is 5.56 Å². The third-order valence-electron chi connectivity index (χ3n) is 3.72. The zero-order valence-electron chi connectivity index (χ0n) is 15.3. The van der Waals surface area contributed by atoms with Crippen LogP contribution >= 0.6 is 0 Å². The van der Waals surface area contributed by atoms with Gasteiger partial charge in [-0.15, -0.1) is 0 Å². The van der Waals surface area contributed by atoms with Crippen molar-refractivity contribution in [2.24, 2.45) is 5.92 Å². The van der Waals surface area contributed by atoms with E-state index >= 15 is 0 Å². The summed E-state index contributed by atoms with van der Waals surface area (Å²) in [4.78, 5) is 46.9. The zero-order valence-corrected chi connectivity index (χ0v) is 15.3. The van der Waals surface area contributed by atoms with Crippen molar-refractivity contribution in [2.75, 3.05) is 6.54 Å². The highest BCUT2D eigenvalue weighted by Crippen LogP contribution is 2.03. The zero-order chi connectivity index (χ0) is 19.9. The van der Waals surface area contributed by atoms with E-state index in [-0.39, 0.29) is 12.5 Å². The molecule has 0 saturated carbocycles. The van der Waals surface area contributed by atoms with Crippen LogP contribution in [0.1, 0.15) is 36.7 Å². The third kappa shape index (κ3) is 6.54. The second-order valence-electron chi connectivity index (χ2n) is 6.41. The fourth-order valence-electron chi connectivity index (χ4n) is 2.12. The number of carbonyl (C=O) groups excluding carboxylic acids is 3. The van der Waals surface area contributed by atoms with Crippen molar-refractivity contribution in [3.63, 3.8) is 0 Å². The van der Waals surface area contributed by atoms with Crippen LogP contribution in [0.5, 0.6) is 0 Å². The van der Waals surface area contributed by atoms with Crippen molar-refractivity contribution in [2.45, 2.75) is 39.8 Å². The SMILES string of the molecule is Cc1ccc(C(=O)NCC(=O)N[C@@H](C)C(=O)N[C@H](C(=O)O)C(C)C)cc1. The molecule has 0 fully saturated rings. The second-order valence-corrected chi connectivity index (χ2v) is 6.41. The summed E-state index contributed by atoms with van der Waals surface area (Å²) < 4.78 is 0. The van der Waals surface area contributed by atoms with Crippen molar-refractivity contribution in [3.05, 3.63) is 35.4 Å². The van der Waals surface area contributed by atoms with Crippen LogP contribution in [0.25, 0.3) is 0 Å². The Morgan fingerprint density at radius 3 is 2.08 bits per heavy atom. The summed E-state index contributed by atoms with van der Waals surface area (Å²) in [5.41, 5.74) is 1.44. The number of carboxylic acids is 1. The maximum Gasteiger partial charge on any atom is 0.326 e. The molecule has 8 nitrogen and oxygen atoms in total.